The van der Waals surface area contributed by atoms with E-state index in [1.165, 1.54) is 0 Å². The summed E-state index contributed by atoms with van der Waals surface area (Å²) in [5.41, 5.74) is 0. The number of hydrogen-bond acceptors (Lipinski definition) is 3. The number of likely N-dealkylation sites (tertiary alicyclic amines) is 1. The summed E-state index contributed by atoms with van der Waals surface area (Å²) in [6.45, 7) is 5.62. The van der Waals surface area contributed by atoms with Gasteiger partial charge in [0.15, 0.2) is 0 Å². The normalized spacial score (nSPS) is 28.1. The Morgan fingerprint density at radius 3 is 2.80 bits per heavy atom. The van der Waals surface area contributed by atoms with Gasteiger partial charge in [0.1, 0.15) is 0 Å². The number of aliphatic hydroxyl groups is 1. The minimum Gasteiger partial charge on any atom is -0.390 e. The molecule has 2 atom stereocenters. The number of carbonyl (C=O) groups is 1. The van der Waals surface area contributed by atoms with E-state index in [9.17, 15) is 9.90 Å². The monoisotopic (exact) mass is 214 g/mol. The van der Waals surface area contributed by atoms with Gasteiger partial charge in [0.2, 0.25) is 5.91 Å². The van der Waals surface area contributed by atoms with Crippen molar-refractivity contribution < 1.29 is 9.90 Å². The van der Waals surface area contributed by atoms with Crippen LogP contribution in [0.3, 0.4) is 0 Å². The quantitative estimate of drug-likeness (QED) is 0.706. The Hall–Kier alpha value is -0.610. The summed E-state index contributed by atoms with van der Waals surface area (Å²) in [5.74, 6) is 0.423. The van der Waals surface area contributed by atoms with E-state index >= 15 is 0 Å². The summed E-state index contributed by atoms with van der Waals surface area (Å²) in [6, 6.07) is -0.0625. The molecule has 0 radical (unpaired) electrons. The maximum atomic E-state index is 11.5. The third-order valence-corrected chi connectivity index (χ3v) is 2.73. The molecule has 0 bridgehead atoms. The van der Waals surface area contributed by atoms with Crippen LogP contribution < -0.4 is 5.32 Å². The average Bonchev–Trinajstić information content (AvgIpc) is 2.08. The summed E-state index contributed by atoms with van der Waals surface area (Å²) >= 11 is 0. The zero-order valence-corrected chi connectivity index (χ0v) is 9.86. The molecule has 2 unspecified atom stereocenters. The van der Waals surface area contributed by atoms with Gasteiger partial charge in [0.05, 0.1) is 12.1 Å². The molecule has 0 spiro atoms. The van der Waals surface area contributed by atoms with Crippen LogP contribution in [0.1, 0.15) is 26.7 Å². The second-order valence-electron chi connectivity index (χ2n) is 4.89. The van der Waals surface area contributed by atoms with Gasteiger partial charge in [0, 0.05) is 13.0 Å². The molecular weight excluding hydrogens is 192 g/mol. The molecule has 1 amide bonds. The zero-order chi connectivity index (χ0) is 11.4. The first kappa shape index (κ1) is 12.5. The number of carbonyl (C=O) groups excluding carboxylic acids is 1. The molecule has 0 aliphatic carbocycles. The molecule has 1 aliphatic rings. The van der Waals surface area contributed by atoms with E-state index in [1.807, 2.05) is 20.9 Å². The van der Waals surface area contributed by atoms with Crippen LogP contribution in [0, 0.1) is 5.92 Å². The highest BCUT2D eigenvalue weighted by Crippen LogP contribution is 2.10. The topological polar surface area (TPSA) is 52.6 Å². The van der Waals surface area contributed by atoms with E-state index in [2.05, 4.69) is 10.2 Å². The van der Waals surface area contributed by atoms with Crippen LogP contribution in [-0.2, 0) is 4.79 Å². The molecule has 1 rings (SSSR count). The second kappa shape index (κ2) is 5.47. The van der Waals surface area contributed by atoms with Crippen LogP contribution in [-0.4, -0.2) is 48.2 Å². The molecule has 0 aromatic carbocycles. The van der Waals surface area contributed by atoms with E-state index in [4.69, 9.17) is 0 Å². The van der Waals surface area contributed by atoms with Gasteiger partial charge in [-0.05, 0) is 25.9 Å². The molecule has 4 heteroatoms. The fraction of sp³-hybridized carbons (Fsp3) is 0.909. The minimum atomic E-state index is -0.431. The number of amides is 1. The van der Waals surface area contributed by atoms with Crippen molar-refractivity contribution in [3.05, 3.63) is 0 Å². The van der Waals surface area contributed by atoms with Crippen LogP contribution in [0.4, 0.5) is 0 Å². The molecule has 0 aromatic rings. The number of rotatable bonds is 3. The van der Waals surface area contributed by atoms with E-state index in [1.54, 1.807) is 0 Å². The van der Waals surface area contributed by atoms with Gasteiger partial charge in [-0.3, -0.25) is 4.79 Å². The van der Waals surface area contributed by atoms with Crippen LogP contribution in [0.15, 0.2) is 0 Å². The lowest BCUT2D eigenvalue weighted by atomic mass is 10.0. The molecule has 15 heavy (non-hydrogen) atoms. The van der Waals surface area contributed by atoms with Gasteiger partial charge >= 0.3 is 0 Å². The number of nitrogens with one attached hydrogen (secondary N) is 1. The highest BCUT2D eigenvalue weighted by Gasteiger charge is 2.26. The van der Waals surface area contributed by atoms with Crippen LogP contribution in [0.2, 0.25) is 0 Å². The Balaban J connectivity index is 2.34. The fourth-order valence-corrected chi connectivity index (χ4v) is 1.89. The van der Waals surface area contributed by atoms with Crippen molar-refractivity contribution in [2.75, 3.05) is 20.1 Å². The van der Waals surface area contributed by atoms with E-state index in [0.29, 0.717) is 18.9 Å². The van der Waals surface area contributed by atoms with Gasteiger partial charge < -0.3 is 15.3 Å². The largest absolute Gasteiger partial charge is 0.390 e. The number of likely N-dealkylation sites (N-methyl/N-ethyl adjacent to an activating group) is 1. The molecular formula is C11H22N2O2. The van der Waals surface area contributed by atoms with Gasteiger partial charge in [0.25, 0.3) is 0 Å². The maximum Gasteiger partial charge on any atom is 0.220 e. The summed E-state index contributed by atoms with van der Waals surface area (Å²) in [4.78, 5) is 13.6. The summed E-state index contributed by atoms with van der Waals surface area (Å²) < 4.78 is 0. The van der Waals surface area contributed by atoms with E-state index in [0.717, 1.165) is 13.0 Å². The summed E-state index contributed by atoms with van der Waals surface area (Å²) in [5, 5.41) is 12.7. The molecule has 88 valence electrons. The van der Waals surface area contributed by atoms with Crippen LogP contribution >= 0.6 is 0 Å². The first-order valence-corrected chi connectivity index (χ1v) is 5.65. The molecule has 1 heterocycles. The Labute approximate surface area is 91.6 Å². The summed E-state index contributed by atoms with van der Waals surface area (Å²) in [7, 11) is 1.98. The van der Waals surface area contributed by atoms with Gasteiger partial charge in [-0.25, -0.2) is 0 Å². The van der Waals surface area contributed by atoms with E-state index in [-0.39, 0.29) is 11.9 Å². The molecule has 0 aromatic heterocycles. The number of β-amino-alcohol motifs (C(OH)–C–C–N with tert-alkyl or cyclic N) is 1. The molecule has 1 aliphatic heterocycles. The van der Waals surface area contributed by atoms with Crippen molar-refractivity contribution >= 4 is 5.91 Å². The van der Waals surface area contributed by atoms with Gasteiger partial charge in [-0.15, -0.1) is 0 Å². The Kier molecular flexibility index (Phi) is 4.54. The van der Waals surface area contributed by atoms with Crippen LogP contribution in [0.25, 0.3) is 0 Å². The fourth-order valence-electron chi connectivity index (χ4n) is 1.89. The lowest BCUT2D eigenvalue weighted by molar-refractivity contribution is -0.124. The van der Waals surface area contributed by atoms with Crippen molar-refractivity contribution in [3.8, 4) is 0 Å². The van der Waals surface area contributed by atoms with Crippen molar-refractivity contribution in [1.82, 2.24) is 10.2 Å². The predicted molar refractivity (Wildman–Crippen MR) is 59.5 cm³/mol. The van der Waals surface area contributed by atoms with Crippen LogP contribution in [0.5, 0.6) is 0 Å². The maximum absolute atomic E-state index is 11.5. The number of piperidine rings is 1. The molecule has 4 nitrogen and oxygen atoms in total. The lowest BCUT2D eigenvalue weighted by Gasteiger charge is -2.34. The third-order valence-electron chi connectivity index (χ3n) is 2.73. The summed E-state index contributed by atoms with van der Waals surface area (Å²) in [6.07, 6.45) is 0.945. The first-order valence-electron chi connectivity index (χ1n) is 5.65. The predicted octanol–water partition coefficient (Wildman–Crippen LogP) is 0.214. The van der Waals surface area contributed by atoms with Gasteiger partial charge in [-0.2, -0.15) is 0 Å². The standard InChI is InChI=1S/C11H22N2O2/c1-8(2)6-11(15)12-9-4-5-13(3)7-10(9)14/h8-10,14H,4-7H2,1-3H3,(H,12,15). The number of hydrogen-bond donors (Lipinski definition) is 2. The number of nitrogens with zero attached hydrogens (tertiary/aromatic N) is 1. The molecule has 1 fully saturated rings. The Morgan fingerprint density at radius 2 is 2.27 bits per heavy atom. The molecule has 0 saturated carbocycles. The Morgan fingerprint density at radius 1 is 1.60 bits per heavy atom. The Bertz CT molecular complexity index is 219. The average molecular weight is 214 g/mol. The number of aliphatic hydroxyl groups excluding tert-OH is 1. The molecule has 2 N–H and O–H groups in total. The minimum absolute atomic E-state index is 0.0543. The zero-order valence-electron chi connectivity index (χ0n) is 9.86. The smallest absolute Gasteiger partial charge is 0.220 e. The van der Waals surface area contributed by atoms with Crippen molar-refractivity contribution in [1.29, 1.82) is 0 Å². The second-order valence-corrected chi connectivity index (χ2v) is 4.89. The van der Waals surface area contributed by atoms with Crippen molar-refractivity contribution in [2.24, 2.45) is 5.92 Å². The van der Waals surface area contributed by atoms with E-state index < -0.39 is 6.10 Å². The molecule has 1 saturated heterocycles. The van der Waals surface area contributed by atoms with Gasteiger partial charge in [-0.1, -0.05) is 13.8 Å². The van der Waals surface area contributed by atoms with Crippen molar-refractivity contribution in [2.45, 2.75) is 38.8 Å². The first-order chi connectivity index (χ1) is 6.99. The third kappa shape index (κ3) is 4.18. The highest BCUT2D eigenvalue weighted by molar-refractivity contribution is 5.76. The SMILES string of the molecule is CC(C)CC(=O)NC1CCN(C)CC1O. The van der Waals surface area contributed by atoms with Crippen molar-refractivity contribution in [3.63, 3.8) is 0 Å². The highest BCUT2D eigenvalue weighted by atomic mass is 16.3. The lowest BCUT2D eigenvalue weighted by Crippen LogP contribution is -2.53.